The number of aryl methyl sites for hydroxylation is 4. The van der Waals surface area contributed by atoms with Crippen molar-refractivity contribution < 1.29 is 8.83 Å². The fraction of sp³-hybridized carbons (Fsp3) is 0.194. The van der Waals surface area contributed by atoms with E-state index in [4.69, 9.17) is 8.83 Å². The third-order valence-electron chi connectivity index (χ3n) is 17.0. The second-order valence-corrected chi connectivity index (χ2v) is 22.2. The number of furan rings is 2. The van der Waals surface area contributed by atoms with Gasteiger partial charge in [-0.15, -0.1) is 0 Å². The molecule has 2 aromatic heterocycles. The molecule has 3 heteroatoms. The van der Waals surface area contributed by atoms with Gasteiger partial charge in [-0.05, 0) is 154 Å². The number of hydrogen-bond acceptors (Lipinski definition) is 3. The van der Waals surface area contributed by atoms with Crippen LogP contribution in [-0.2, 0) is 16.2 Å². The second-order valence-electron chi connectivity index (χ2n) is 22.2. The van der Waals surface area contributed by atoms with Crippen LogP contribution in [0.3, 0.4) is 0 Å². The summed E-state index contributed by atoms with van der Waals surface area (Å²) in [7, 11) is 0. The smallest absolute Gasteiger partial charge is 0.144 e. The van der Waals surface area contributed by atoms with Crippen molar-refractivity contribution in [3.8, 4) is 44.5 Å². The van der Waals surface area contributed by atoms with Crippen molar-refractivity contribution in [2.24, 2.45) is 0 Å². The maximum atomic E-state index is 7.07. The van der Waals surface area contributed by atoms with Gasteiger partial charge in [-0.25, -0.2) is 0 Å². The highest BCUT2D eigenvalue weighted by atomic mass is 16.3. The van der Waals surface area contributed by atoms with Crippen molar-refractivity contribution in [2.75, 3.05) is 4.90 Å². The molecular formula is C67H55NO2. The van der Waals surface area contributed by atoms with Crippen LogP contribution in [-0.4, -0.2) is 0 Å². The summed E-state index contributed by atoms with van der Waals surface area (Å²) in [5, 5.41) is 4.77. The van der Waals surface area contributed by atoms with Gasteiger partial charge in [0.1, 0.15) is 22.3 Å². The van der Waals surface area contributed by atoms with Crippen molar-refractivity contribution in [3.05, 3.63) is 207 Å². The van der Waals surface area contributed by atoms with Crippen LogP contribution in [0.4, 0.5) is 17.1 Å². The Balaban J connectivity index is 1.00. The summed E-state index contributed by atoms with van der Waals surface area (Å²) in [4.78, 5) is 2.55. The molecular weight excluding hydrogens is 851 g/mol. The molecule has 340 valence electrons. The Bertz CT molecular complexity index is 4120. The van der Waals surface area contributed by atoms with E-state index in [1.54, 1.807) is 0 Å². The molecule has 0 bridgehead atoms. The fourth-order valence-corrected chi connectivity index (χ4v) is 13.9. The van der Waals surface area contributed by atoms with E-state index in [9.17, 15) is 0 Å². The minimum atomic E-state index is -0.338. The van der Waals surface area contributed by atoms with Gasteiger partial charge in [-0.1, -0.05) is 156 Å². The van der Waals surface area contributed by atoms with Gasteiger partial charge in [0.25, 0.3) is 0 Å². The topological polar surface area (TPSA) is 29.5 Å². The third-order valence-corrected chi connectivity index (χ3v) is 17.0. The number of anilines is 3. The number of hydrogen-bond donors (Lipinski definition) is 0. The molecule has 0 amide bonds. The van der Waals surface area contributed by atoms with Gasteiger partial charge >= 0.3 is 0 Å². The highest BCUT2D eigenvalue weighted by molar-refractivity contribution is 6.21. The zero-order chi connectivity index (χ0) is 47.9. The lowest BCUT2D eigenvalue weighted by molar-refractivity contribution is 0.600. The largest absolute Gasteiger partial charge is 0.455 e. The number of fused-ring (bicyclic) bond motifs is 19. The molecule has 0 spiro atoms. The molecule has 0 unspecified atom stereocenters. The van der Waals surface area contributed by atoms with Gasteiger partial charge in [0.15, 0.2) is 0 Å². The number of para-hydroxylation sites is 2. The van der Waals surface area contributed by atoms with Gasteiger partial charge in [0.2, 0.25) is 0 Å². The van der Waals surface area contributed by atoms with E-state index in [0.717, 1.165) is 44.7 Å². The SMILES string of the molecule is Cc1cc(C)c(N(c2ccc3c(c2)C(C)(C)c2cc(-c4ccccc4C)c4oc5ccccc5c4c2-3)c2ccc3c(c2)C(C)(C)c2c4c(c5c(oc6ccccc65)c2-3)-c2ccccc2C4(C)C)c(C)c1. The van der Waals surface area contributed by atoms with Gasteiger partial charge in [-0.3, -0.25) is 0 Å². The van der Waals surface area contributed by atoms with Crippen molar-refractivity contribution in [1.29, 1.82) is 0 Å². The molecule has 11 aromatic rings. The second kappa shape index (κ2) is 13.8. The van der Waals surface area contributed by atoms with E-state index in [1.165, 1.54) is 116 Å². The monoisotopic (exact) mass is 905 g/mol. The van der Waals surface area contributed by atoms with Gasteiger partial charge in [0.05, 0.1) is 5.69 Å². The van der Waals surface area contributed by atoms with E-state index in [-0.39, 0.29) is 16.2 Å². The highest BCUT2D eigenvalue weighted by Crippen LogP contribution is 2.64. The Hall–Kier alpha value is -7.62. The van der Waals surface area contributed by atoms with Gasteiger partial charge < -0.3 is 13.7 Å². The highest BCUT2D eigenvalue weighted by Gasteiger charge is 2.49. The maximum Gasteiger partial charge on any atom is 0.144 e. The molecule has 3 aliphatic carbocycles. The number of nitrogens with zero attached hydrogens (tertiary/aromatic N) is 1. The van der Waals surface area contributed by atoms with Crippen LogP contribution in [0, 0.1) is 27.7 Å². The minimum Gasteiger partial charge on any atom is -0.455 e. The molecule has 2 heterocycles. The average Bonchev–Trinajstić information content (AvgIpc) is 4.09. The minimum absolute atomic E-state index is 0.212. The van der Waals surface area contributed by atoms with Crippen molar-refractivity contribution in [2.45, 2.75) is 85.5 Å². The summed E-state index contributed by atoms with van der Waals surface area (Å²) in [6.45, 7) is 23.5. The summed E-state index contributed by atoms with van der Waals surface area (Å²) in [5.41, 5.74) is 29.7. The molecule has 0 fully saturated rings. The van der Waals surface area contributed by atoms with Crippen LogP contribution in [0.15, 0.2) is 160 Å². The lowest BCUT2D eigenvalue weighted by Gasteiger charge is -2.33. The molecule has 3 nitrogen and oxygen atoms in total. The summed E-state index contributed by atoms with van der Waals surface area (Å²) >= 11 is 0. The third kappa shape index (κ3) is 5.20. The zero-order valence-electron chi connectivity index (χ0n) is 41.7. The Labute approximate surface area is 410 Å². The quantitative estimate of drug-likeness (QED) is 0.176. The van der Waals surface area contributed by atoms with Crippen LogP contribution in [0.5, 0.6) is 0 Å². The van der Waals surface area contributed by atoms with E-state index in [0.29, 0.717) is 0 Å². The van der Waals surface area contributed by atoms with Crippen molar-refractivity contribution in [1.82, 2.24) is 0 Å². The molecule has 0 radical (unpaired) electrons. The Kier molecular flexibility index (Phi) is 8.15. The molecule has 0 N–H and O–H groups in total. The van der Waals surface area contributed by atoms with Gasteiger partial charge in [-0.2, -0.15) is 0 Å². The van der Waals surface area contributed by atoms with Crippen LogP contribution in [0.2, 0.25) is 0 Å². The van der Waals surface area contributed by atoms with Gasteiger partial charge in [0, 0.05) is 60.3 Å². The summed E-state index contributed by atoms with van der Waals surface area (Å²) in [5.74, 6) is 0. The molecule has 0 aliphatic heterocycles. The summed E-state index contributed by atoms with van der Waals surface area (Å²) < 4.78 is 13.9. The van der Waals surface area contributed by atoms with Crippen LogP contribution in [0.1, 0.15) is 97.2 Å². The van der Waals surface area contributed by atoms with Crippen molar-refractivity contribution >= 4 is 60.9 Å². The predicted octanol–water partition coefficient (Wildman–Crippen LogP) is 18.8. The first-order valence-electron chi connectivity index (χ1n) is 25.0. The molecule has 0 atom stereocenters. The Morgan fingerprint density at radius 3 is 1.53 bits per heavy atom. The molecule has 14 rings (SSSR count). The average molecular weight is 906 g/mol. The molecule has 0 saturated carbocycles. The summed E-state index contributed by atoms with van der Waals surface area (Å²) in [6, 6.07) is 56.6. The zero-order valence-corrected chi connectivity index (χ0v) is 41.7. The molecule has 3 aliphatic rings. The number of rotatable bonds is 4. The predicted molar refractivity (Wildman–Crippen MR) is 293 cm³/mol. The first-order chi connectivity index (χ1) is 33.7. The van der Waals surface area contributed by atoms with E-state index in [2.05, 4.69) is 226 Å². The molecule has 0 saturated heterocycles. The van der Waals surface area contributed by atoms with Crippen molar-refractivity contribution in [3.63, 3.8) is 0 Å². The molecule has 9 aromatic carbocycles. The standard InChI is InChI=1S/C67H55NO2/c1-36-31-38(3)62(39(4)32-36)68(40-27-29-44-50(33-40)65(5,6)52-35-48(42-20-12-11-19-37(42)2)63-57(55(44)52)46-22-14-17-25-53(46)69-63)41-28-30-45-51(34-41)67(9,10)61-59(45)64-58(47-23-15-18-26-54(47)70-64)56-43-21-13-16-24-49(43)66(7,8)60(56)61/h11-35H,1-10H3. The Morgan fingerprint density at radius 1 is 0.371 bits per heavy atom. The number of benzene rings is 9. The summed E-state index contributed by atoms with van der Waals surface area (Å²) in [6.07, 6.45) is 0. The maximum absolute atomic E-state index is 7.07. The first kappa shape index (κ1) is 41.4. The normalized spacial score (nSPS) is 15.3. The van der Waals surface area contributed by atoms with E-state index >= 15 is 0 Å². The van der Waals surface area contributed by atoms with Crippen LogP contribution < -0.4 is 4.90 Å². The fourth-order valence-electron chi connectivity index (χ4n) is 13.9. The van der Waals surface area contributed by atoms with E-state index < -0.39 is 0 Å². The van der Waals surface area contributed by atoms with Crippen LogP contribution in [0.25, 0.3) is 88.4 Å². The lowest BCUT2D eigenvalue weighted by atomic mass is 9.72. The first-order valence-corrected chi connectivity index (χ1v) is 25.0. The molecule has 70 heavy (non-hydrogen) atoms. The van der Waals surface area contributed by atoms with Crippen LogP contribution >= 0.6 is 0 Å². The van der Waals surface area contributed by atoms with E-state index in [1.807, 2.05) is 0 Å². The Morgan fingerprint density at radius 2 is 0.871 bits per heavy atom. The lowest BCUT2D eigenvalue weighted by Crippen LogP contribution is -2.24.